The SMILES string of the molecule is CC(=O)NCC(C)(C)C(=O)c1nnc(Cc2cccc(C)c2)o1. The van der Waals surface area contributed by atoms with Crippen LogP contribution >= 0.6 is 0 Å². The fourth-order valence-electron chi connectivity index (χ4n) is 2.13. The van der Waals surface area contributed by atoms with Crippen LogP contribution in [0.25, 0.3) is 0 Å². The summed E-state index contributed by atoms with van der Waals surface area (Å²) < 4.78 is 5.50. The zero-order valence-corrected chi connectivity index (χ0v) is 13.8. The Morgan fingerprint density at radius 3 is 2.65 bits per heavy atom. The lowest BCUT2D eigenvalue weighted by Gasteiger charge is -2.20. The molecular weight excluding hydrogens is 294 g/mol. The molecule has 0 atom stereocenters. The van der Waals surface area contributed by atoms with E-state index >= 15 is 0 Å². The lowest BCUT2D eigenvalue weighted by molar-refractivity contribution is -0.119. The summed E-state index contributed by atoms with van der Waals surface area (Å²) in [7, 11) is 0. The molecule has 0 fully saturated rings. The second-order valence-corrected chi connectivity index (χ2v) is 6.29. The van der Waals surface area contributed by atoms with Gasteiger partial charge in [-0.1, -0.05) is 43.7 Å². The van der Waals surface area contributed by atoms with Crippen LogP contribution in [0.2, 0.25) is 0 Å². The minimum atomic E-state index is -0.807. The highest BCUT2D eigenvalue weighted by atomic mass is 16.4. The van der Waals surface area contributed by atoms with Crippen LogP contribution in [-0.2, 0) is 11.2 Å². The molecule has 0 saturated carbocycles. The van der Waals surface area contributed by atoms with Crippen LogP contribution in [0.1, 0.15) is 48.5 Å². The van der Waals surface area contributed by atoms with E-state index in [1.165, 1.54) is 6.92 Å². The van der Waals surface area contributed by atoms with Gasteiger partial charge in [0.15, 0.2) is 0 Å². The summed E-state index contributed by atoms with van der Waals surface area (Å²) in [5.41, 5.74) is 1.39. The molecule has 1 N–H and O–H groups in total. The minimum Gasteiger partial charge on any atom is -0.418 e. The van der Waals surface area contributed by atoms with Crippen molar-refractivity contribution in [2.45, 2.75) is 34.1 Å². The van der Waals surface area contributed by atoms with Crippen molar-refractivity contribution in [3.63, 3.8) is 0 Å². The number of Topliss-reactive ketones (excluding diaryl/α,β-unsaturated/α-hetero) is 1. The number of rotatable bonds is 6. The maximum absolute atomic E-state index is 12.5. The Hall–Kier alpha value is -2.50. The number of nitrogens with one attached hydrogen (secondary N) is 1. The molecular formula is C17H21N3O3. The Labute approximate surface area is 135 Å². The largest absolute Gasteiger partial charge is 0.418 e. The van der Waals surface area contributed by atoms with Crippen molar-refractivity contribution < 1.29 is 14.0 Å². The molecule has 1 heterocycles. The quantitative estimate of drug-likeness (QED) is 0.827. The Morgan fingerprint density at radius 1 is 1.26 bits per heavy atom. The summed E-state index contributed by atoms with van der Waals surface area (Å²) in [4.78, 5) is 23.5. The second-order valence-electron chi connectivity index (χ2n) is 6.29. The van der Waals surface area contributed by atoms with E-state index < -0.39 is 5.41 Å². The van der Waals surface area contributed by atoms with E-state index in [1.807, 2.05) is 31.2 Å². The van der Waals surface area contributed by atoms with E-state index in [0.29, 0.717) is 12.3 Å². The van der Waals surface area contributed by atoms with Crippen LogP contribution < -0.4 is 5.32 Å². The molecule has 1 aromatic heterocycles. The van der Waals surface area contributed by atoms with E-state index in [4.69, 9.17) is 4.42 Å². The first-order valence-corrected chi connectivity index (χ1v) is 7.45. The third-order valence-electron chi connectivity index (χ3n) is 3.49. The first-order chi connectivity index (χ1) is 10.8. The molecule has 0 aliphatic rings. The van der Waals surface area contributed by atoms with Gasteiger partial charge in [0, 0.05) is 13.5 Å². The van der Waals surface area contributed by atoms with E-state index in [9.17, 15) is 9.59 Å². The normalized spacial score (nSPS) is 11.3. The molecule has 0 bridgehead atoms. The monoisotopic (exact) mass is 315 g/mol. The first kappa shape index (κ1) is 16.9. The number of aromatic nitrogens is 2. The molecule has 0 radical (unpaired) electrons. The van der Waals surface area contributed by atoms with Gasteiger partial charge in [-0.05, 0) is 12.5 Å². The van der Waals surface area contributed by atoms with E-state index in [1.54, 1.807) is 13.8 Å². The predicted molar refractivity (Wildman–Crippen MR) is 85.1 cm³/mol. The van der Waals surface area contributed by atoms with E-state index in [0.717, 1.165) is 11.1 Å². The number of nitrogens with zero attached hydrogens (tertiary/aromatic N) is 2. The Kier molecular flexibility index (Phi) is 4.93. The molecule has 0 aliphatic heterocycles. The van der Waals surface area contributed by atoms with Crippen molar-refractivity contribution in [1.29, 1.82) is 0 Å². The third kappa shape index (κ3) is 4.48. The maximum Gasteiger partial charge on any atom is 0.284 e. The first-order valence-electron chi connectivity index (χ1n) is 7.45. The van der Waals surface area contributed by atoms with Gasteiger partial charge < -0.3 is 9.73 Å². The van der Waals surface area contributed by atoms with Gasteiger partial charge in [-0.15, -0.1) is 10.2 Å². The molecule has 1 aromatic carbocycles. The average molecular weight is 315 g/mol. The van der Waals surface area contributed by atoms with E-state index in [-0.39, 0.29) is 24.1 Å². The second kappa shape index (κ2) is 6.73. The van der Waals surface area contributed by atoms with Crippen LogP contribution in [-0.4, -0.2) is 28.4 Å². The standard InChI is InChI=1S/C17H21N3O3/c1-11-6-5-7-13(8-11)9-14-19-20-16(23-14)15(22)17(3,4)10-18-12(2)21/h5-8H,9-10H2,1-4H3,(H,18,21). The smallest absolute Gasteiger partial charge is 0.284 e. The van der Waals surface area contributed by atoms with Crippen molar-refractivity contribution in [1.82, 2.24) is 15.5 Å². The number of carbonyl (C=O) groups is 2. The lowest BCUT2D eigenvalue weighted by Crippen LogP contribution is -2.38. The molecule has 0 unspecified atom stereocenters. The van der Waals surface area contributed by atoms with Crippen LogP contribution in [0.4, 0.5) is 0 Å². The summed E-state index contributed by atoms with van der Waals surface area (Å²) in [6, 6.07) is 7.98. The predicted octanol–water partition coefficient (Wildman–Crippen LogP) is 2.31. The van der Waals surface area contributed by atoms with Gasteiger partial charge in [0.1, 0.15) is 0 Å². The molecule has 0 aliphatic carbocycles. The van der Waals surface area contributed by atoms with Crippen molar-refractivity contribution in [2.24, 2.45) is 5.41 Å². The van der Waals surface area contributed by atoms with Gasteiger partial charge in [-0.2, -0.15) is 0 Å². The summed E-state index contributed by atoms with van der Waals surface area (Å²) in [5, 5.41) is 10.4. The number of benzene rings is 1. The number of ketones is 1. The topological polar surface area (TPSA) is 85.1 Å². The van der Waals surface area contributed by atoms with Crippen LogP contribution in [0.5, 0.6) is 0 Å². The highest BCUT2D eigenvalue weighted by Crippen LogP contribution is 2.21. The van der Waals surface area contributed by atoms with Crippen molar-refractivity contribution in [3.8, 4) is 0 Å². The molecule has 2 aromatic rings. The summed E-state index contributed by atoms with van der Waals surface area (Å²) in [6.45, 7) is 7.10. The summed E-state index contributed by atoms with van der Waals surface area (Å²) >= 11 is 0. The van der Waals surface area contributed by atoms with Gasteiger partial charge >= 0.3 is 0 Å². The number of amides is 1. The molecule has 23 heavy (non-hydrogen) atoms. The number of carbonyl (C=O) groups excluding carboxylic acids is 2. The fourth-order valence-corrected chi connectivity index (χ4v) is 2.13. The zero-order valence-electron chi connectivity index (χ0n) is 13.8. The third-order valence-corrected chi connectivity index (χ3v) is 3.49. The number of hydrogen-bond acceptors (Lipinski definition) is 5. The zero-order chi connectivity index (χ0) is 17.0. The molecule has 6 heteroatoms. The number of hydrogen-bond donors (Lipinski definition) is 1. The maximum atomic E-state index is 12.5. The van der Waals surface area contributed by atoms with E-state index in [2.05, 4.69) is 15.5 Å². The van der Waals surface area contributed by atoms with Crippen LogP contribution in [0.15, 0.2) is 28.7 Å². The molecule has 0 spiro atoms. The molecule has 2 rings (SSSR count). The summed E-state index contributed by atoms with van der Waals surface area (Å²) in [6.07, 6.45) is 0.480. The minimum absolute atomic E-state index is 0.0250. The van der Waals surface area contributed by atoms with Crippen molar-refractivity contribution in [3.05, 3.63) is 47.2 Å². The number of aryl methyl sites for hydroxylation is 1. The molecule has 122 valence electrons. The Balaban J connectivity index is 2.09. The summed E-state index contributed by atoms with van der Waals surface area (Å²) in [5.74, 6) is -0.0944. The Morgan fingerprint density at radius 2 is 2.00 bits per heavy atom. The van der Waals surface area contributed by atoms with Crippen molar-refractivity contribution >= 4 is 11.7 Å². The van der Waals surface area contributed by atoms with Gasteiger partial charge in [-0.25, -0.2) is 0 Å². The molecule has 0 saturated heterocycles. The molecule has 6 nitrogen and oxygen atoms in total. The van der Waals surface area contributed by atoms with Crippen LogP contribution in [0, 0.1) is 12.3 Å². The molecule has 1 amide bonds. The van der Waals surface area contributed by atoms with Gasteiger partial charge in [0.05, 0.1) is 11.8 Å². The highest BCUT2D eigenvalue weighted by molar-refractivity contribution is 5.96. The Bertz CT molecular complexity index is 719. The van der Waals surface area contributed by atoms with Crippen molar-refractivity contribution in [2.75, 3.05) is 6.54 Å². The lowest BCUT2D eigenvalue weighted by atomic mass is 9.88. The van der Waals surface area contributed by atoms with Gasteiger partial charge in [0.2, 0.25) is 17.6 Å². The average Bonchev–Trinajstić information content (AvgIpc) is 2.93. The van der Waals surface area contributed by atoms with Gasteiger partial charge in [0.25, 0.3) is 5.89 Å². The van der Waals surface area contributed by atoms with Crippen LogP contribution in [0.3, 0.4) is 0 Å². The van der Waals surface area contributed by atoms with Gasteiger partial charge in [-0.3, -0.25) is 9.59 Å². The highest BCUT2D eigenvalue weighted by Gasteiger charge is 2.33. The fraction of sp³-hybridized carbons (Fsp3) is 0.412.